The van der Waals surface area contributed by atoms with Gasteiger partial charge >= 0.3 is 0 Å². The van der Waals surface area contributed by atoms with Crippen molar-refractivity contribution in [3.8, 4) is 0 Å². The van der Waals surface area contributed by atoms with E-state index in [4.69, 9.17) is 5.73 Å². The number of nitrogens with zero attached hydrogens (tertiary/aromatic N) is 4. The van der Waals surface area contributed by atoms with E-state index in [0.29, 0.717) is 0 Å². The molecule has 0 spiro atoms. The largest absolute Gasteiger partial charge is 0.384 e. The maximum absolute atomic E-state index is 5.99. The molecule has 0 fully saturated rings. The van der Waals surface area contributed by atoms with Gasteiger partial charge in [0.25, 0.3) is 0 Å². The highest BCUT2D eigenvalue weighted by Gasteiger charge is 2.12. The van der Waals surface area contributed by atoms with Crippen molar-refractivity contribution in [2.75, 3.05) is 40.0 Å². The van der Waals surface area contributed by atoms with Gasteiger partial charge in [-0.25, -0.2) is 0 Å². The monoisotopic (exact) mass is 239 g/mol. The van der Waals surface area contributed by atoms with Crippen molar-refractivity contribution in [2.45, 2.75) is 19.9 Å². The highest BCUT2D eigenvalue weighted by Crippen LogP contribution is 2.16. The van der Waals surface area contributed by atoms with Gasteiger partial charge in [0.1, 0.15) is 5.82 Å². The van der Waals surface area contributed by atoms with Crippen molar-refractivity contribution in [1.82, 2.24) is 19.6 Å². The molecule has 17 heavy (non-hydrogen) atoms. The Morgan fingerprint density at radius 3 is 2.35 bits per heavy atom. The first kappa shape index (κ1) is 14.0. The molecule has 0 unspecified atom stereocenters. The Bertz CT molecular complexity index is 356. The molecule has 1 heterocycles. The smallest absolute Gasteiger partial charge is 0.126 e. The maximum atomic E-state index is 5.99. The first-order valence-electron chi connectivity index (χ1n) is 6.03. The molecule has 0 aliphatic rings. The van der Waals surface area contributed by atoms with E-state index in [1.807, 2.05) is 14.0 Å². The minimum atomic E-state index is 0.780. The average Bonchev–Trinajstić information content (AvgIpc) is 2.44. The molecular formula is C12H25N5. The standard InChI is InChI=1S/C12H25N5/c1-10-11(12(13)17(5)14-10)9-16(4)8-6-7-15(2)3/h6-9,13H2,1-5H3. The van der Waals surface area contributed by atoms with Crippen LogP contribution in [0.1, 0.15) is 17.7 Å². The fourth-order valence-electron chi connectivity index (χ4n) is 1.92. The highest BCUT2D eigenvalue weighted by molar-refractivity contribution is 5.42. The Balaban J connectivity index is 2.47. The summed E-state index contributed by atoms with van der Waals surface area (Å²) in [5, 5.41) is 4.33. The lowest BCUT2D eigenvalue weighted by Gasteiger charge is -2.18. The summed E-state index contributed by atoms with van der Waals surface area (Å²) in [7, 11) is 8.21. The summed E-state index contributed by atoms with van der Waals surface area (Å²) < 4.78 is 1.75. The molecule has 0 bridgehead atoms. The maximum Gasteiger partial charge on any atom is 0.126 e. The van der Waals surface area contributed by atoms with Crippen LogP contribution in [0.25, 0.3) is 0 Å². The molecule has 0 aromatic carbocycles. The number of hydrogen-bond donors (Lipinski definition) is 1. The van der Waals surface area contributed by atoms with Crippen LogP contribution in [0, 0.1) is 6.92 Å². The lowest BCUT2D eigenvalue weighted by atomic mass is 10.2. The lowest BCUT2D eigenvalue weighted by molar-refractivity contribution is 0.294. The Morgan fingerprint density at radius 1 is 1.24 bits per heavy atom. The third-order valence-corrected chi connectivity index (χ3v) is 2.97. The summed E-state index contributed by atoms with van der Waals surface area (Å²) in [6.07, 6.45) is 1.17. The van der Waals surface area contributed by atoms with E-state index in [0.717, 1.165) is 36.7 Å². The number of nitrogen functional groups attached to an aromatic ring is 1. The van der Waals surface area contributed by atoms with Gasteiger partial charge in [0.2, 0.25) is 0 Å². The van der Waals surface area contributed by atoms with Crippen LogP contribution in [-0.4, -0.2) is 53.8 Å². The summed E-state index contributed by atoms with van der Waals surface area (Å²) >= 11 is 0. The Hall–Kier alpha value is -1.07. The molecule has 1 aromatic rings. The predicted octanol–water partition coefficient (Wildman–Crippen LogP) is 0.694. The Kier molecular flexibility index (Phi) is 4.96. The van der Waals surface area contributed by atoms with E-state index in [2.05, 4.69) is 36.0 Å². The molecule has 1 aromatic heterocycles. The zero-order valence-electron chi connectivity index (χ0n) is 11.7. The zero-order valence-corrected chi connectivity index (χ0v) is 11.7. The minimum Gasteiger partial charge on any atom is -0.384 e. The van der Waals surface area contributed by atoms with E-state index < -0.39 is 0 Å². The van der Waals surface area contributed by atoms with Crippen molar-refractivity contribution in [2.24, 2.45) is 7.05 Å². The third-order valence-electron chi connectivity index (χ3n) is 2.97. The van der Waals surface area contributed by atoms with E-state index in [9.17, 15) is 0 Å². The second-order valence-electron chi connectivity index (χ2n) is 4.97. The minimum absolute atomic E-state index is 0.780. The SMILES string of the molecule is Cc1nn(C)c(N)c1CN(C)CCCN(C)C. The van der Waals surface area contributed by atoms with Crippen molar-refractivity contribution in [3.63, 3.8) is 0 Å². The molecule has 0 aliphatic heterocycles. The van der Waals surface area contributed by atoms with Crippen LogP contribution < -0.4 is 5.73 Å². The number of aromatic nitrogens is 2. The number of nitrogens with two attached hydrogens (primary N) is 1. The fraction of sp³-hybridized carbons (Fsp3) is 0.750. The summed E-state index contributed by atoms with van der Waals surface area (Å²) in [5.74, 6) is 0.780. The first-order valence-corrected chi connectivity index (χ1v) is 6.03. The summed E-state index contributed by atoms with van der Waals surface area (Å²) in [4.78, 5) is 4.50. The zero-order chi connectivity index (χ0) is 13.0. The van der Waals surface area contributed by atoms with Gasteiger partial charge in [-0.3, -0.25) is 4.68 Å². The van der Waals surface area contributed by atoms with Gasteiger partial charge in [0.15, 0.2) is 0 Å². The summed E-state index contributed by atoms with van der Waals surface area (Å²) in [6.45, 7) is 5.08. The quantitative estimate of drug-likeness (QED) is 0.794. The van der Waals surface area contributed by atoms with Crippen LogP contribution in [0.15, 0.2) is 0 Å². The van der Waals surface area contributed by atoms with Crippen molar-refractivity contribution in [3.05, 3.63) is 11.3 Å². The molecule has 1 rings (SSSR count). The second-order valence-corrected chi connectivity index (χ2v) is 4.97. The van der Waals surface area contributed by atoms with Crippen LogP contribution in [0.4, 0.5) is 5.82 Å². The molecule has 0 amide bonds. The molecule has 5 heteroatoms. The lowest BCUT2D eigenvalue weighted by Crippen LogP contribution is -2.24. The van der Waals surface area contributed by atoms with Crippen molar-refractivity contribution >= 4 is 5.82 Å². The molecule has 5 nitrogen and oxygen atoms in total. The van der Waals surface area contributed by atoms with Crippen LogP contribution >= 0.6 is 0 Å². The molecule has 0 atom stereocenters. The highest BCUT2D eigenvalue weighted by atomic mass is 15.3. The Morgan fingerprint density at radius 2 is 1.88 bits per heavy atom. The number of hydrogen-bond acceptors (Lipinski definition) is 4. The van der Waals surface area contributed by atoms with Gasteiger partial charge in [0, 0.05) is 19.2 Å². The predicted molar refractivity (Wildman–Crippen MR) is 71.9 cm³/mol. The molecule has 0 radical (unpaired) electrons. The van der Waals surface area contributed by atoms with Crippen molar-refractivity contribution in [1.29, 1.82) is 0 Å². The van der Waals surface area contributed by atoms with Gasteiger partial charge in [-0.2, -0.15) is 5.10 Å². The van der Waals surface area contributed by atoms with Gasteiger partial charge in [-0.05, 0) is 47.6 Å². The third kappa shape index (κ3) is 4.02. The van der Waals surface area contributed by atoms with Crippen LogP contribution in [0.5, 0.6) is 0 Å². The average molecular weight is 239 g/mol. The molecule has 2 N–H and O–H groups in total. The van der Waals surface area contributed by atoms with E-state index in [1.165, 1.54) is 6.42 Å². The first-order chi connectivity index (χ1) is 7.91. The number of aryl methyl sites for hydroxylation is 2. The summed E-state index contributed by atoms with van der Waals surface area (Å²) in [5.41, 5.74) is 8.18. The van der Waals surface area contributed by atoms with E-state index in [1.54, 1.807) is 4.68 Å². The van der Waals surface area contributed by atoms with E-state index >= 15 is 0 Å². The number of rotatable bonds is 6. The normalized spacial score (nSPS) is 11.7. The van der Waals surface area contributed by atoms with Gasteiger partial charge in [-0.1, -0.05) is 0 Å². The van der Waals surface area contributed by atoms with Crippen LogP contribution in [-0.2, 0) is 13.6 Å². The van der Waals surface area contributed by atoms with Gasteiger partial charge < -0.3 is 15.5 Å². The van der Waals surface area contributed by atoms with Gasteiger partial charge in [-0.15, -0.1) is 0 Å². The topological polar surface area (TPSA) is 50.3 Å². The molecular weight excluding hydrogens is 214 g/mol. The molecule has 0 saturated carbocycles. The molecule has 98 valence electrons. The van der Waals surface area contributed by atoms with Crippen LogP contribution in [0.2, 0.25) is 0 Å². The van der Waals surface area contributed by atoms with E-state index in [-0.39, 0.29) is 0 Å². The van der Waals surface area contributed by atoms with Crippen molar-refractivity contribution < 1.29 is 0 Å². The second kappa shape index (κ2) is 6.02. The van der Waals surface area contributed by atoms with Gasteiger partial charge in [0.05, 0.1) is 5.69 Å². The molecule has 0 saturated heterocycles. The van der Waals surface area contributed by atoms with Crippen LogP contribution in [0.3, 0.4) is 0 Å². The number of anilines is 1. The molecule has 0 aliphatic carbocycles. The Labute approximate surface area is 104 Å². The fourth-order valence-corrected chi connectivity index (χ4v) is 1.92. The summed E-state index contributed by atoms with van der Waals surface area (Å²) in [6, 6.07) is 0.